The van der Waals surface area contributed by atoms with Crippen LogP contribution in [0.2, 0.25) is 0 Å². The summed E-state index contributed by atoms with van der Waals surface area (Å²) in [5.41, 5.74) is 7.34. The van der Waals surface area contributed by atoms with Crippen molar-refractivity contribution in [3.8, 4) is 0 Å². The fraction of sp³-hybridized carbons (Fsp3) is 0.294. The smallest absolute Gasteiger partial charge is 0.191 e. The first-order valence-electron chi connectivity index (χ1n) is 7.07. The van der Waals surface area contributed by atoms with E-state index < -0.39 is 0 Å². The summed E-state index contributed by atoms with van der Waals surface area (Å²) in [5, 5.41) is 8.05. The van der Waals surface area contributed by atoms with Gasteiger partial charge in [0.1, 0.15) is 0 Å². The normalized spacial score (nSPS) is 19.8. The lowest BCUT2D eigenvalue weighted by molar-refractivity contribution is 0.637. The van der Waals surface area contributed by atoms with E-state index in [9.17, 15) is 0 Å². The summed E-state index contributed by atoms with van der Waals surface area (Å²) in [6.07, 6.45) is 4.18. The molecule has 0 spiro atoms. The third kappa shape index (κ3) is 4.53. The van der Waals surface area contributed by atoms with Gasteiger partial charge in [0.05, 0.1) is 5.71 Å². The average Bonchev–Trinajstić information content (AvgIpc) is 2.47. The molecule has 0 amide bonds. The summed E-state index contributed by atoms with van der Waals surface area (Å²) in [6, 6.07) is 9.81. The summed E-state index contributed by atoms with van der Waals surface area (Å²) in [7, 11) is 0. The standard InChI is InChI=1S/C17H21N3S/c1-12(2)14-10-9-13(3)16(11-14)19-20-17(21)18-15-7-5-4-6-8-15/h4-9,14H,1,10-11H2,2-3H3,(H2,18,20,21)/b19-16-/t14-/m0/s1. The van der Waals surface area contributed by atoms with Crippen molar-refractivity contribution in [3.63, 3.8) is 0 Å². The van der Waals surface area contributed by atoms with E-state index in [1.807, 2.05) is 30.3 Å². The first-order chi connectivity index (χ1) is 10.1. The quantitative estimate of drug-likeness (QED) is 0.497. The Labute approximate surface area is 131 Å². The molecule has 0 fully saturated rings. The highest BCUT2D eigenvalue weighted by Gasteiger charge is 2.18. The molecular formula is C17H21N3S. The van der Waals surface area contributed by atoms with Gasteiger partial charge in [-0.15, -0.1) is 0 Å². The molecule has 21 heavy (non-hydrogen) atoms. The topological polar surface area (TPSA) is 36.4 Å². The number of anilines is 1. The Bertz CT molecular complexity index is 587. The highest BCUT2D eigenvalue weighted by Crippen LogP contribution is 2.26. The second-order valence-electron chi connectivity index (χ2n) is 5.36. The molecule has 0 aromatic heterocycles. The highest BCUT2D eigenvalue weighted by atomic mass is 32.1. The minimum Gasteiger partial charge on any atom is -0.331 e. The highest BCUT2D eigenvalue weighted by molar-refractivity contribution is 7.80. The first kappa shape index (κ1) is 15.4. The van der Waals surface area contributed by atoms with Crippen LogP contribution in [0.25, 0.3) is 0 Å². The molecule has 0 aliphatic heterocycles. The molecule has 1 aliphatic carbocycles. The maximum absolute atomic E-state index is 5.26. The van der Waals surface area contributed by atoms with Crippen LogP contribution in [-0.2, 0) is 0 Å². The number of rotatable bonds is 3. The Morgan fingerprint density at radius 1 is 1.33 bits per heavy atom. The van der Waals surface area contributed by atoms with Gasteiger partial charge >= 0.3 is 0 Å². The van der Waals surface area contributed by atoms with Crippen LogP contribution >= 0.6 is 12.2 Å². The van der Waals surface area contributed by atoms with Crippen molar-refractivity contribution in [2.75, 3.05) is 5.32 Å². The third-order valence-corrected chi connectivity index (χ3v) is 3.82. The second-order valence-corrected chi connectivity index (χ2v) is 5.77. The molecule has 0 radical (unpaired) electrons. The van der Waals surface area contributed by atoms with Crippen molar-refractivity contribution < 1.29 is 0 Å². The van der Waals surface area contributed by atoms with E-state index in [1.165, 1.54) is 11.1 Å². The number of nitrogens with one attached hydrogen (secondary N) is 2. The molecule has 0 unspecified atom stereocenters. The van der Waals surface area contributed by atoms with Crippen molar-refractivity contribution in [1.29, 1.82) is 0 Å². The van der Waals surface area contributed by atoms with E-state index in [0.717, 1.165) is 24.2 Å². The van der Waals surface area contributed by atoms with Crippen molar-refractivity contribution >= 4 is 28.7 Å². The first-order valence-corrected chi connectivity index (χ1v) is 7.48. The predicted octanol–water partition coefficient (Wildman–Crippen LogP) is 4.26. The van der Waals surface area contributed by atoms with E-state index in [4.69, 9.17) is 12.2 Å². The Balaban J connectivity index is 1.96. The molecule has 4 heteroatoms. The number of benzene rings is 1. The Kier molecular flexibility index (Phi) is 5.28. The zero-order chi connectivity index (χ0) is 15.2. The molecule has 1 aromatic carbocycles. The van der Waals surface area contributed by atoms with Crippen molar-refractivity contribution in [3.05, 3.63) is 54.1 Å². The Morgan fingerprint density at radius 2 is 2.05 bits per heavy atom. The maximum Gasteiger partial charge on any atom is 0.191 e. The van der Waals surface area contributed by atoms with Gasteiger partial charge in [0, 0.05) is 5.69 Å². The summed E-state index contributed by atoms with van der Waals surface area (Å²) in [4.78, 5) is 0. The van der Waals surface area contributed by atoms with E-state index >= 15 is 0 Å². The van der Waals surface area contributed by atoms with Crippen LogP contribution in [-0.4, -0.2) is 10.8 Å². The molecule has 2 N–H and O–H groups in total. The van der Waals surface area contributed by atoms with Crippen LogP contribution in [0.5, 0.6) is 0 Å². The van der Waals surface area contributed by atoms with Crippen LogP contribution in [0.3, 0.4) is 0 Å². The zero-order valence-electron chi connectivity index (χ0n) is 12.5. The van der Waals surface area contributed by atoms with Crippen LogP contribution in [0.1, 0.15) is 26.7 Å². The predicted molar refractivity (Wildman–Crippen MR) is 94.5 cm³/mol. The second kappa shape index (κ2) is 7.18. The molecule has 110 valence electrons. The minimum absolute atomic E-state index is 0.477. The molecule has 1 aromatic rings. The minimum atomic E-state index is 0.477. The molecule has 0 saturated carbocycles. The van der Waals surface area contributed by atoms with E-state index in [1.54, 1.807) is 0 Å². The van der Waals surface area contributed by atoms with Crippen LogP contribution in [0.15, 0.2) is 59.2 Å². The number of allylic oxidation sites excluding steroid dienone is 3. The van der Waals surface area contributed by atoms with Crippen molar-refractivity contribution in [2.45, 2.75) is 26.7 Å². The molecule has 0 bridgehead atoms. The van der Waals surface area contributed by atoms with Gasteiger partial charge in [-0.05, 0) is 62.5 Å². The van der Waals surface area contributed by atoms with Gasteiger partial charge in [-0.2, -0.15) is 5.10 Å². The molecule has 1 aliphatic rings. The molecule has 1 atom stereocenters. The van der Waals surface area contributed by atoms with Gasteiger partial charge in [0.25, 0.3) is 0 Å². The monoisotopic (exact) mass is 299 g/mol. The van der Waals surface area contributed by atoms with Gasteiger partial charge in [-0.1, -0.05) is 36.4 Å². The number of para-hydroxylation sites is 1. The summed E-state index contributed by atoms with van der Waals surface area (Å²) >= 11 is 5.26. The Morgan fingerprint density at radius 3 is 2.71 bits per heavy atom. The van der Waals surface area contributed by atoms with Gasteiger partial charge in [-0.3, -0.25) is 5.43 Å². The van der Waals surface area contributed by atoms with Gasteiger partial charge in [-0.25, -0.2) is 0 Å². The molecule has 0 heterocycles. The maximum atomic E-state index is 5.26. The van der Waals surface area contributed by atoms with Gasteiger partial charge < -0.3 is 5.32 Å². The lowest BCUT2D eigenvalue weighted by Crippen LogP contribution is -2.26. The van der Waals surface area contributed by atoms with Crippen LogP contribution in [0, 0.1) is 5.92 Å². The van der Waals surface area contributed by atoms with Crippen molar-refractivity contribution in [2.24, 2.45) is 11.0 Å². The van der Waals surface area contributed by atoms with E-state index in [-0.39, 0.29) is 0 Å². The molecular weight excluding hydrogens is 278 g/mol. The number of nitrogens with zero attached hydrogens (tertiary/aromatic N) is 1. The summed E-state index contributed by atoms with van der Waals surface area (Å²) < 4.78 is 0. The zero-order valence-corrected chi connectivity index (χ0v) is 13.3. The lowest BCUT2D eigenvalue weighted by Gasteiger charge is -2.22. The average molecular weight is 299 g/mol. The Hall–Kier alpha value is -1.94. The fourth-order valence-corrected chi connectivity index (χ4v) is 2.39. The largest absolute Gasteiger partial charge is 0.331 e. The number of hydrazone groups is 1. The third-order valence-electron chi connectivity index (χ3n) is 3.62. The number of hydrogen-bond acceptors (Lipinski definition) is 2. The molecule has 2 rings (SSSR count). The lowest BCUT2D eigenvalue weighted by atomic mass is 9.85. The van der Waals surface area contributed by atoms with Crippen LogP contribution < -0.4 is 10.7 Å². The van der Waals surface area contributed by atoms with E-state index in [0.29, 0.717) is 11.0 Å². The number of thiocarbonyl (C=S) groups is 1. The van der Waals surface area contributed by atoms with E-state index in [2.05, 4.69) is 42.3 Å². The van der Waals surface area contributed by atoms with Gasteiger partial charge in [0.15, 0.2) is 5.11 Å². The van der Waals surface area contributed by atoms with Gasteiger partial charge in [0.2, 0.25) is 0 Å². The summed E-state index contributed by atoms with van der Waals surface area (Å²) in [5.74, 6) is 0.477. The summed E-state index contributed by atoms with van der Waals surface area (Å²) in [6.45, 7) is 8.21. The molecule has 0 saturated heterocycles. The number of hydrogen-bond donors (Lipinski definition) is 2. The van der Waals surface area contributed by atoms with Crippen LogP contribution in [0.4, 0.5) is 5.69 Å². The van der Waals surface area contributed by atoms with Crippen molar-refractivity contribution in [1.82, 2.24) is 5.43 Å². The molecule has 3 nitrogen and oxygen atoms in total. The fourth-order valence-electron chi connectivity index (χ4n) is 2.22. The SMILES string of the molecule is C=C(C)[C@H]1CC=C(C)/C(=N\NC(=S)Nc2ccccc2)C1.